The molecule has 1 heterocycles. The van der Waals surface area contributed by atoms with Gasteiger partial charge in [0.2, 0.25) is 59.1 Å². The van der Waals surface area contributed by atoms with E-state index >= 15 is 14.4 Å². The molecule has 15 amide bonds. The second kappa shape index (κ2) is 50.9. The topological polar surface area (TPSA) is 561 Å². The van der Waals surface area contributed by atoms with E-state index in [9.17, 15) is 72.5 Å². The first-order chi connectivity index (χ1) is 56.4. The molecule has 0 aromatic heterocycles. The molecular formula is C82H140N16O24. The van der Waals surface area contributed by atoms with E-state index in [4.69, 9.17) is 28.4 Å². The summed E-state index contributed by atoms with van der Waals surface area (Å²) >= 11 is 0. The smallest absolute Gasteiger partial charge is 0.407 e. The van der Waals surface area contributed by atoms with Gasteiger partial charge in [0.25, 0.3) is 0 Å². The van der Waals surface area contributed by atoms with Crippen LogP contribution in [0.15, 0.2) is 30.3 Å². The third-order valence-corrected chi connectivity index (χ3v) is 17.5. The first kappa shape index (κ1) is 108. The molecule has 40 heteroatoms. The van der Waals surface area contributed by atoms with Crippen LogP contribution in [0.25, 0.3) is 0 Å². The molecule has 1 saturated heterocycles. The van der Waals surface area contributed by atoms with Crippen LogP contribution in [0.5, 0.6) is 0 Å². The van der Waals surface area contributed by atoms with Crippen LogP contribution in [0.3, 0.4) is 0 Å². The normalized spacial score (nSPS) is 19.7. The van der Waals surface area contributed by atoms with Crippen molar-refractivity contribution in [1.82, 2.24) is 85.1 Å². The highest BCUT2D eigenvalue weighted by atomic mass is 16.6. The first-order valence-corrected chi connectivity index (χ1v) is 41.5. The molecule has 18 N–H and O–H groups in total. The number of esters is 1. The monoisotopic (exact) mass is 1730 g/mol. The predicted octanol–water partition coefficient (Wildman–Crippen LogP) is 2.21. The number of amides is 15. The van der Waals surface area contributed by atoms with Crippen molar-refractivity contribution in [2.75, 3.05) is 52.4 Å². The van der Waals surface area contributed by atoms with Gasteiger partial charge in [0.05, 0.1) is 30.1 Å². The summed E-state index contributed by atoms with van der Waals surface area (Å²) in [5.41, 5.74) is -5.25. The number of carbonyl (C=O) groups excluding carboxylic acids is 16. The summed E-state index contributed by atoms with van der Waals surface area (Å²) in [4.78, 5) is 226. The van der Waals surface area contributed by atoms with Crippen molar-refractivity contribution in [2.45, 2.75) is 324 Å². The Morgan fingerprint density at radius 1 is 0.475 bits per heavy atom. The second-order valence-electron chi connectivity index (χ2n) is 36.1. The Morgan fingerprint density at radius 3 is 1.31 bits per heavy atom. The molecule has 1 fully saturated rings. The Hall–Kier alpha value is -10.4. The zero-order chi connectivity index (χ0) is 92.8. The van der Waals surface area contributed by atoms with Crippen LogP contribution >= 0.6 is 0 Å². The molecule has 1 aliphatic heterocycles. The maximum absolute atomic E-state index is 15.3. The largest absolute Gasteiger partial charge is 0.465 e. The van der Waals surface area contributed by atoms with Gasteiger partial charge in [-0.25, -0.2) is 24.0 Å². The zero-order valence-corrected chi connectivity index (χ0v) is 75.2. The van der Waals surface area contributed by atoms with E-state index < -0.39 is 247 Å². The van der Waals surface area contributed by atoms with Gasteiger partial charge < -0.3 is 124 Å². The van der Waals surface area contributed by atoms with Crippen LogP contribution in [0, 0.1) is 11.3 Å². The van der Waals surface area contributed by atoms with Crippen molar-refractivity contribution in [2.24, 2.45) is 11.3 Å². The minimum atomic E-state index is -1.95. The number of nitrogens with one attached hydrogen (secondary N) is 16. The molecule has 0 aliphatic carbocycles. The zero-order valence-electron chi connectivity index (χ0n) is 75.2. The fourth-order valence-corrected chi connectivity index (χ4v) is 11.7. The van der Waals surface area contributed by atoms with Gasteiger partial charge in [-0.1, -0.05) is 57.5 Å². The fraction of sp³-hybridized carbons (Fsp3) is 0.732. The average Bonchev–Trinajstić information content (AvgIpc) is 0.977. The minimum Gasteiger partial charge on any atom is -0.465 e. The molecule has 2 unspecified atom stereocenters. The number of benzene rings is 1. The summed E-state index contributed by atoms with van der Waals surface area (Å²) in [6.45, 7) is 32.1. The number of hydrogen-bond donors (Lipinski definition) is 18. The van der Waals surface area contributed by atoms with Crippen molar-refractivity contribution in [1.29, 1.82) is 0 Å². The summed E-state index contributed by atoms with van der Waals surface area (Å²) in [5.74, 6) is -11.1. The molecular weight excluding hydrogens is 1590 g/mol. The van der Waals surface area contributed by atoms with Crippen molar-refractivity contribution < 1.29 is 115 Å². The first-order valence-electron chi connectivity index (χ1n) is 41.5. The molecule has 12 atom stereocenters. The number of rotatable bonds is 34. The summed E-state index contributed by atoms with van der Waals surface area (Å²) < 4.78 is 32.4. The summed E-state index contributed by atoms with van der Waals surface area (Å²) in [5, 5.41) is 64.5. The highest BCUT2D eigenvalue weighted by Crippen LogP contribution is 2.24. The molecule has 1 aromatic carbocycles. The Bertz CT molecular complexity index is 3620. The summed E-state index contributed by atoms with van der Waals surface area (Å²) in [6.07, 6.45) is -9.88. The number of carbonyl (C=O) groups is 16. The predicted molar refractivity (Wildman–Crippen MR) is 448 cm³/mol. The standard InChI is InChI=1S/C82H140N16O24/c1-23-36-82(21,22)71(111)117-43-35-59(101)91-53(31-39-85-73(113)119-78(9,10)11)65(105)98-61(49(5)100)70(110)94-54(32-40-86-74(114)120-79(12,13)14)63(103)90-51-29-37-83-69(109)60(48(4)99)97-66(106)56(34-42-88-76(116)122-81(18,19)20)92-64(104)55(33-41-87-75(115)121-80(15,16)17)93-67(107)57(44-47(2)3)95-68(108)58(45-50-27-25-24-26-28-50)96-62(102)52(89-46-51)30-38-84-72(112)118-77(6,7)8/h24-28,47-49,51-58,60-61,89,99-100H,23,29-46H2,1-22H3,(H,83,109)(H,84,112)(H,85,113)(H,86,114)(H,87,115)(H,88,116)(H,90,103)(H,91,101)(H,92,104)(H,93,107)(H,94,110)(H,95,108)(H,96,102)(H,97,106)(H,98,105)/t48?,49?,51-,52-,53-,54-,55-,56-,57-,58+,60-,61-/m0/s1. The van der Waals surface area contributed by atoms with E-state index in [1.165, 1.54) is 0 Å². The molecule has 0 saturated carbocycles. The molecule has 0 bridgehead atoms. The lowest BCUT2D eigenvalue weighted by atomic mass is 9.88. The van der Waals surface area contributed by atoms with E-state index in [1.54, 1.807) is 162 Å². The van der Waals surface area contributed by atoms with Crippen molar-refractivity contribution in [3.05, 3.63) is 35.9 Å². The molecule has 0 radical (unpaired) electrons. The van der Waals surface area contributed by atoms with E-state index in [2.05, 4.69) is 85.1 Å². The summed E-state index contributed by atoms with van der Waals surface area (Å²) in [6, 6.07) is -7.83. The maximum Gasteiger partial charge on any atom is 0.407 e. The molecule has 40 nitrogen and oxygen atoms in total. The van der Waals surface area contributed by atoms with Gasteiger partial charge in [-0.2, -0.15) is 0 Å². The molecule has 1 aromatic rings. The summed E-state index contributed by atoms with van der Waals surface area (Å²) in [7, 11) is 0. The molecule has 0 spiro atoms. The van der Waals surface area contributed by atoms with Crippen LogP contribution < -0.4 is 85.1 Å². The Balaban J connectivity index is 3.07. The fourth-order valence-electron chi connectivity index (χ4n) is 11.7. The quantitative estimate of drug-likeness (QED) is 0.0347. The molecule has 1 aliphatic rings. The second-order valence-corrected chi connectivity index (χ2v) is 36.1. The lowest BCUT2D eigenvalue weighted by molar-refractivity contribution is -0.155. The minimum absolute atomic E-state index is 0.0882. The number of ether oxygens (including phenoxy) is 6. The Labute approximate surface area is 716 Å². The number of alkyl carbamates (subject to hydrolysis) is 5. The van der Waals surface area contributed by atoms with Gasteiger partial charge in [0.1, 0.15) is 82.9 Å². The average molecular weight is 1730 g/mol. The van der Waals surface area contributed by atoms with Gasteiger partial charge in [0, 0.05) is 58.3 Å². The SMILES string of the molecule is CCCC(C)(C)C(=O)OCCC(=O)N[C@@H](CCNC(=O)OC(C)(C)C)C(=O)N[C@H](C(=O)N[C@@H](CCNC(=O)OC(C)(C)C)C(=O)N[C@H]1CCNC(=O)[C@H](C(C)O)NC(=O)[C@H](CCNC(=O)OC(C)(C)C)NC(=O)[C@H](CCNC(=O)OC(C)(C)C)NC(=O)[C@H](CC(C)C)NC(=O)[C@@H](Cc2ccccc2)NC(=O)[C@H](CCNC(=O)OC(C)(C)C)NC1)C(C)O. The lowest BCUT2D eigenvalue weighted by Crippen LogP contribution is -2.61. The van der Waals surface area contributed by atoms with E-state index in [0.29, 0.717) is 18.4 Å². The molecule has 692 valence electrons. The Kier molecular flexibility index (Phi) is 44.9. The maximum atomic E-state index is 15.3. The number of hydrogen-bond acceptors (Lipinski definition) is 25. The number of aliphatic hydroxyl groups excluding tert-OH is 2. The molecule has 122 heavy (non-hydrogen) atoms. The van der Waals surface area contributed by atoms with Crippen LogP contribution in [0.4, 0.5) is 24.0 Å². The Morgan fingerprint density at radius 2 is 0.877 bits per heavy atom. The van der Waals surface area contributed by atoms with E-state index in [1.807, 2.05) is 6.92 Å². The van der Waals surface area contributed by atoms with E-state index in [-0.39, 0.29) is 70.6 Å². The van der Waals surface area contributed by atoms with Gasteiger partial charge >= 0.3 is 36.4 Å². The van der Waals surface area contributed by atoms with Crippen LogP contribution in [-0.4, -0.2) is 259 Å². The van der Waals surface area contributed by atoms with Gasteiger partial charge in [-0.05, 0) is 194 Å². The van der Waals surface area contributed by atoms with E-state index in [0.717, 1.165) is 13.8 Å². The highest BCUT2D eigenvalue weighted by molar-refractivity contribution is 5.98. The highest BCUT2D eigenvalue weighted by Gasteiger charge is 2.39. The van der Waals surface area contributed by atoms with Gasteiger partial charge in [-0.15, -0.1) is 0 Å². The van der Waals surface area contributed by atoms with Crippen LogP contribution in [-0.2, 0) is 87.6 Å². The van der Waals surface area contributed by atoms with Gasteiger partial charge in [-0.3, -0.25) is 52.7 Å². The molecule has 2 rings (SSSR count). The van der Waals surface area contributed by atoms with Gasteiger partial charge in [0.15, 0.2) is 0 Å². The van der Waals surface area contributed by atoms with Crippen molar-refractivity contribution in [3.63, 3.8) is 0 Å². The third kappa shape index (κ3) is 46.0. The van der Waals surface area contributed by atoms with Crippen LogP contribution in [0.1, 0.15) is 222 Å². The van der Waals surface area contributed by atoms with Crippen molar-refractivity contribution >= 4 is 95.5 Å². The number of aliphatic hydroxyl groups is 2. The lowest BCUT2D eigenvalue weighted by Gasteiger charge is -2.29. The third-order valence-electron chi connectivity index (χ3n) is 17.5. The van der Waals surface area contributed by atoms with Crippen molar-refractivity contribution in [3.8, 4) is 0 Å². The van der Waals surface area contributed by atoms with Crippen LogP contribution in [0.2, 0.25) is 0 Å².